The molecule has 2 aromatic carbocycles. The highest BCUT2D eigenvalue weighted by Crippen LogP contribution is 2.36. The summed E-state index contributed by atoms with van der Waals surface area (Å²) < 4.78 is 7.70. The van der Waals surface area contributed by atoms with Gasteiger partial charge in [-0.3, -0.25) is 0 Å². The van der Waals surface area contributed by atoms with E-state index in [0.29, 0.717) is 18.4 Å². The molecule has 0 bridgehead atoms. The van der Waals surface area contributed by atoms with Crippen molar-refractivity contribution >= 4 is 11.7 Å². The number of hydrogen-bond donors (Lipinski definition) is 1. The zero-order chi connectivity index (χ0) is 22.8. The van der Waals surface area contributed by atoms with Crippen molar-refractivity contribution in [2.45, 2.75) is 52.1 Å². The lowest BCUT2D eigenvalue weighted by Crippen LogP contribution is -2.44. The van der Waals surface area contributed by atoms with Crippen molar-refractivity contribution in [1.29, 1.82) is 0 Å². The Balaban J connectivity index is 1.73. The second-order valence-electron chi connectivity index (χ2n) is 9.05. The molecule has 5 heteroatoms. The first kappa shape index (κ1) is 22.0. The minimum atomic E-state index is -0.178. The third kappa shape index (κ3) is 4.12. The van der Waals surface area contributed by atoms with Crippen LogP contribution in [0.4, 0.5) is 10.5 Å². The maximum absolute atomic E-state index is 13.8. The predicted octanol–water partition coefficient (Wildman–Crippen LogP) is 6.38. The number of anilines is 1. The van der Waals surface area contributed by atoms with Crippen LogP contribution in [0.1, 0.15) is 68.0 Å². The Morgan fingerprint density at radius 2 is 1.66 bits per heavy atom. The van der Waals surface area contributed by atoms with Crippen molar-refractivity contribution in [3.8, 4) is 5.75 Å². The zero-order valence-corrected chi connectivity index (χ0v) is 19.6. The van der Waals surface area contributed by atoms with Crippen LogP contribution in [0.5, 0.6) is 5.75 Å². The van der Waals surface area contributed by atoms with Crippen molar-refractivity contribution < 1.29 is 9.53 Å². The fourth-order valence-electron chi connectivity index (χ4n) is 4.64. The van der Waals surface area contributed by atoms with E-state index in [0.717, 1.165) is 29.2 Å². The van der Waals surface area contributed by atoms with Crippen LogP contribution in [-0.2, 0) is 6.54 Å². The molecule has 2 amide bonds. The number of para-hydroxylation sites is 1. The van der Waals surface area contributed by atoms with E-state index in [9.17, 15) is 4.79 Å². The summed E-state index contributed by atoms with van der Waals surface area (Å²) in [6.45, 7) is 10.1. The number of rotatable bonds is 5. The third-order valence-electron chi connectivity index (χ3n) is 6.31. The van der Waals surface area contributed by atoms with Crippen molar-refractivity contribution in [1.82, 2.24) is 9.47 Å². The Hall–Kier alpha value is -3.21. The molecule has 1 aliphatic rings. The molecule has 1 aromatic heterocycles. The van der Waals surface area contributed by atoms with Crippen LogP contribution in [0.3, 0.4) is 0 Å². The first-order chi connectivity index (χ1) is 15.4. The lowest BCUT2D eigenvalue weighted by Gasteiger charge is -2.38. The second-order valence-corrected chi connectivity index (χ2v) is 9.05. The zero-order valence-electron chi connectivity index (χ0n) is 19.6. The molecule has 1 unspecified atom stereocenters. The van der Waals surface area contributed by atoms with E-state index >= 15 is 0 Å². The number of carbonyl (C=O) groups is 1. The van der Waals surface area contributed by atoms with E-state index in [1.165, 1.54) is 11.1 Å². The molecular formula is C27H33N3O2. The van der Waals surface area contributed by atoms with Crippen LogP contribution in [0.2, 0.25) is 0 Å². The number of nitrogens with one attached hydrogen (secondary N) is 1. The number of benzene rings is 2. The molecule has 3 aromatic rings. The molecule has 1 aliphatic heterocycles. The largest absolute Gasteiger partial charge is 0.497 e. The highest BCUT2D eigenvalue weighted by molar-refractivity contribution is 5.92. The molecule has 0 aliphatic carbocycles. The van der Waals surface area contributed by atoms with Crippen LogP contribution in [0.15, 0.2) is 60.8 Å². The predicted molar refractivity (Wildman–Crippen MR) is 130 cm³/mol. The standard InChI is InChI=1S/C27H33N3O2/c1-18(2)22-11-7-12-23(19(3)4)25(22)28-27(31)30-16-15-29-14-8-13-24(29)26(30)20-9-6-10-21(17-20)32-5/h6-14,17-19,26H,15-16H2,1-5H3,(H,28,31). The van der Waals surface area contributed by atoms with Gasteiger partial charge in [-0.15, -0.1) is 0 Å². The first-order valence-corrected chi connectivity index (χ1v) is 11.4. The second kappa shape index (κ2) is 9.11. The van der Waals surface area contributed by atoms with Crippen LogP contribution >= 0.6 is 0 Å². The molecule has 168 valence electrons. The van der Waals surface area contributed by atoms with Gasteiger partial charge in [-0.05, 0) is 52.8 Å². The summed E-state index contributed by atoms with van der Waals surface area (Å²) in [6.07, 6.45) is 2.09. The van der Waals surface area contributed by atoms with E-state index in [1.54, 1.807) is 7.11 Å². The van der Waals surface area contributed by atoms with E-state index < -0.39 is 0 Å². The summed E-state index contributed by atoms with van der Waals surface area (Å²) in [4.78, 5) is 15.7. The average molecular weight is 432 g/mol. The minimum absolute atomic E-state index is 0.0692. The Bertz CT molecular complexity index is 1070. The lowest BCUT2D eigenvalue weighted by atomic mass is 9.92. The van der Waals surface area contributed by atoms with E-state index in [-0.39, 0.29) is 12.1 Å². The molecule has 0 saturated heterocycles. The highest BCUT2D eigenvalue weighted by atomic mass is 16.5. The van der Waals surface area contributed by atoms with Gasteiger partial charge in [0, 0.05) is 30.7 Å². The van der Waals surface area contributed by atoms with Gasteiger partial charge < -0.3 is 19.5 Å². The van der Waals surface area contributed by atoms with Crippen molar-refractivity contribution in [3.63, 3.8) is 0 Å². The maximum atomic E-state index is 13.8. The van der Waals surface area contributed by atoms with E-state index in [4.69, 9.17) is 4.74 Å². The Labute approximate surface area is 191 Å². The summed E-state index contributed by atoms with van der Waals surface area (Å²) in [5.41, 5.74) is 5.44. The van der Waals surface area contributed by atoms with E-state index in [2.05, 4.69) is 80.2 Å². The molecular weight excluding hydrogens is 398 g/mol. The maximum Gasteiger partial charge on any atom is 0.322 e. The van der Waals surface area contributed by atoms with Gasteiger partial charge >= 0.3 is 6.03 Å². The molecule has 5 nitrogen and oxygen atoms in total. The number of urea groups is 1. The summed E-state index contributed by atoms with van der Waals surface area (Å²) in [6, 6.07) is 18.2. The van der Waals surface area contributed by atoms with Crippen LogP contribution in [0.25, 0.3) is 0 Å². The van der Waals surface area contributed by atoms with Crippen molar-refractivity contribution in [3.05, 3.63) is 83.2 Å². The number of hydrogen-bond acceptors (Lipinski definition) is 2. The molecule has 1 N–H and O–H groups in total. The monoisotopic (exact) mass is 431 g/mol. The van der Waals surface area contributed by atoms with Crippen molar-refractivity contribution in [2.75, 3.05) is 19.0 Å². The summed E-state index contributed by atoms with van der Waals surface area (Å²) in [5.74, 6) is 1.42. The number of carbonyl (C=O) groups excluding carboxylic acids is 1. The summed E-state index contributed by atoms with van der Waals surface area (Å²) >= 11 is 0. The Morgan fingerprint density at radius 3 is 2.31 bits per heavy atom. The smallest absolute Gasteiger partial charge is 0.322 e. The molecule has 0 fully saturated rings. The van der Waals surface area contributed by atoms with Gasteiger partial charge in [-0.1, -0.05) is 58.0 Å². The van der Waals surface area contributed by atoms with Gasteiger partial charge in [0.15, 0.2) is 0 Å². The molecule has 0 radical (unpaired) electrons. The number of fused-ring (bicyclic) bond motifs is 1. The number of aromatic nitrogens is 1. The minimum Gasteiger partial charge on any atom is -0.497 e. The van der Waals surface area contributed by atoms with Gasteiger partial charge in [-0.2, -0.15) is 0 Å². The van der Waals surface area contributed by atoms with Crippen molar-refractivity contribution in [2.24, 2.45) is 0 Å². The molecule has 2 heterocycles. The van der Waals surface area contributed by atoms with Crippen LogP contribution in [-0.4, -0.2) is 29.2 Å². The summed E-state index contributed by atoms with van der Waals surface area (Å²) in [7, 11) is 1.67. The third-order valence-corrected chi connectivity index (χ3v) is 6.31. The molecule has 0 saturated carbocycles. The topological polar surface area (TPSA) is 46.5 Å². The molecule has 32 heavy (non-hydrogen) atoms. The van der Waals surface area contributed by atoms with Gasteiger partial charge in [0.1, 0.15) is 5.75 Å². The molecule has 4 rings (SSSR count). The fourth-order valence-corrected chi connectivity index (χ4v) is 4.64. The quantitative estimate of drug-likeness (QED) is 0.509. The highest BCUT2D eigenvalue weighted by Gasteiger charge is 2.33. The number of nitrogens with zero attached hydrogens (tertiary/aromatic N) is 2. The lowest BCUT2D eigenvalue weighted by molar-refractivity contribution is 0.181. The normalized spacial score (nSPS) is 15.7. The molecule has 1 atom stereocenters. The van der Waals surface area contributed by atoms with Gasteiger partial charge in [-0.25, -0.2) is 4.79 Å². The number of amides is 2. The first-order valence-electron chi connectivity index (χ1n) is 11.4. The fraction of sp³-hybridized carbons (Fsp3) is 0.370. The average Bonchev–Trinajstić information content (AvgIpc) is 3.27. The van der Waals surface area contributed by atoms with Crippen LogP contribution in [0, 0.1) is 0 Å². The SMILES string of the molecule is COc1cccc(C2c3cccn3CCN2C(=O)Nc2c(C(C)C)cccc2C(C)C)c1. The van der Waals surface area contributed by atoms with Gasteiger partial charge in [0.2, 0.25) is 0 Å². The number of ether oxygens (including phenoxy) is 1. The van der Waals surface area contributed by atoms with Gasteiger partial charge in [0.25, 0.3) is 0 Å². The summed E-state index contributed by atoms with van der Waals surface area (Å²) in [5, 5.41) is 3.31. The Morgan fingerprint density at radius 1 is 0.969 bits per heavy atom. The number of methoxy groups -OCH3 is 1. The molecule has 0 spiro atoms. The Kier molecular flexibility index (Phi) is 6.26. The van der Waals surface area contributed by atoms with Crippen LogP contribution < -0.4 is 10.1 Å². The van der Waals surface area contributed by atoms with E-state index in [1.807, 2.05) is 23.1 Å². The van der Waals surface area contributed by atoms with Gasteiger partial charge in [0.05, 0.1) is 13.2 Å².